The van der Waals surface area contributed by atoms with E-state index in [4.69, 9.17) is 0 Å². The maximum Gasteiger partial charge on any atom is 0.0480 e. The van der Waals surface area contributed by atoms with E-state index >= 15 is 0 Å². The van der Waals surface area contributed by atoms with Crippen LogP contribution in [0.25, 0.3) is 0 Å². The van der Waals surface area contributed by atoms with Gasteiger partial charge in [-0.25, -0.2) is 0 Å². The lowest BCUT2D eigenvalue weighted by atomic mass is 9.89. The van der Waals surface area contributed by atoms with Gasteiger partial charge in [-0.15, -0.1) is 0 Å². The fraction of sp³-hybridized carbons (Fsp3) is 0.833. The monoisotopic (exact) mass is 196 g/mol. The van der Waals surface area contributed by atoms with Crippen LogP contribution >= 0.6 is 0 Å². The summed E-state index contributed by atoms with van der Waals surface area (Å²) in [5.74, 6) is 0.921. The average Bonchev–Trinajstić information content (AvgIpc) is 2.04. The van der Waals surface area contributed by atoms with E-state index in [0.717, 1.165) is 5.92 Å². The van der Waals surface area contributed by atoms with E-state index in [9.17, 15) is 0 Å². The molecule has 1 saturated carbocycles. The standard InChI is InChI=1S/C12H24Si/c1-13(2,3)11-7-10-12-8-5-4-6-9-12/h7,10,12H,4-6,8-9,11H2,1-3H3/b10-7+. The highest BCUT2D eigenvalue weighted by Crippen LogP contribution is 2.25. The lowest BCUT2D eigenvalue weighted by Gasteiger charge is -2.18. The zero-order chi connectivity index (χ0) is 9.73. The van der Waals surface area contributed by atoms with Crippen molar-refractivity contribution < 1.29 is 0 Å². The first kappa shape index (κ1) is 11.0. The molecule has 0 aromatic heterocycles. The summed E-state index contributed by atoms with van der Waals surface area (Å²) in [6, 6.07) is 1.36. The number of hydrogen-bond acceptors (Lipinski definition) is 0. The van der Waals surface area contributed by atoms with Gasteiger partial charge in [0.2, 0.25) is 0 Å². The van der Waals surface area contributed by atoms with Gasteiger partial charge in [0, 0.05) is 8.07 Å². The molecular formula is C12H24Si. The second-order valence-electron chi connectivity index (χ2n) is 5.59. The van der Waals surface area contributed by atoms with Crippen LogP contribution in [0.4, 0.5) is 0 Å². The number of hydrogen-bond donors (Lipinski definition) is 0. The topological polar surface area (TPSA) is 0 Å². The van der Waals surface area contributed by atoms with Crippen molar-refractivity contribution in [2.24, 2.45) is 5.92 Å². The minimum absolute atomic E-state index is 0.829. The summed E-state index contributed by atoms with van der Waals surface area (Å²) in [6.07, 6.45) is 12.2. The first-order chi connectivity index (χ1) is 6.08. The highest BCUT2D eigenvalue weighted by Gasteiger charge is 2.12. The summed E-state index contributed by atoms with van der Waals surface area (Å²) < 4.78 is 0. The molecule has 0 aromatic rings. The van der Waals surface area contributed by atoms with Crippen LogP contribution in [0.5, 0.6) is 0 Å². The lowest BCUT2D eigenvalue weighted by molar-refractivity contribution is 0.419. The molecule has 0 spiro atoms. The van der Waals surface area contributed by atoms with E-state index in [1.165, 1.54) is 38.1 Å². The van der Waals surface area contributed by atoms with Crippen molar-refractivity contribution in [1.29, 1.82) is 0 Å². The third kappa shape index (κ3) is 5.30. The van der Waals surface area contributed by atoms with Crippen molar-refractivity contribution in [2.45, 2.75) is 57.8 Å². The Hall–Kier alpha value is -0.0431. The zero-order valence-electron chi connectivity index (χ0n) is 9.47. The van der Waals surface area contributed by atoms with Crippen LogP contribution in [0.2, 0.25) is 25.7 Å². The maximum atomic E-state index is 2.50. The van der Waals surface area contributed by atoms with Crippen LogP contribution in [0.15, 0.2) is 12.2 Å². The largest absolute Gasteiger partial charge is 0.0909 e. The third-order valence-electron chi connectivity index (χ3n) is 2.79. The van der Waals surface area contributed by atoms with E-state index < -0.39 is 8.07 Å². The molecule has 76 valence electrons. The van der Waals surface area contributed by atoms with Crippen molar-refractivity contribution in [1.82, 2.24) is 0 Å². The summed E-state index contributed by atoms with van der Waals surface area (Å²) in [6.45, 7) is 7.33. The summed E-state index contributed by atoms with van der Waals surface area (Å²) in [7, 11) is -0.829. The fourth-order valence-electron chi connectivity index (χ4n) is 1.94. The Balaban J connectivity index is 2.22. The van der Waals surface area contributed by atoms with Gasteiger partial charge < -0.3 is 0 Å². The van der Waals surface area contributed by atoms with Crippen LogP contribution in [0.1, 0.15) is 32.1 Å². The van der Waals surface area contributed by atoms with Crippen molar-refractivity contribution >= 4 is 8.07 Å². The van der Waals surface area contributed by atoms with Gasteiger partial charge in [-0.3, -0.25) is 0 Å². The van der Waals surface area contributed by atoms with Gasteiger partial charge in [-0.2, -0.15) is 0 Å². The molecule has 0 aliphatic heterocycles. The second kappa shape index (κ2) is 4.99. The molecule has 0 unspecified atom stereocenters. The molecule has 0 atom stereocenters. The molecule has 0 aromatic carbocycles. The van der Waals surface area contributed by atoms with Gasteiger partial charge in [0.25, 0.3) is 0 Å². The highest BCUT2D eigenvalue weighted by molar-refractivity contribution is 6.76. The first-order valence-electron chi connectivity index (χ1n) is 5.74. The van der Waals surface area contributed by atoms with Gasteiger partial charge in [0.15, 0.2) is 0 Å². The third-order valence-corrected chi connectivity index (χ3v) is 4.25. The quantitative estimate of drug-likeness (QED) is 0.462. The molecule has 1 aliphatic carbocycles. The van der Waals surface area contributed by atoms with Gasteiger partial charge in [-0.1, -0.05) is 51.1 Å². The number of allylic oxidation sites excluding steroid dienone is 2. The molecule has 1 fully saturated rings. The summed E-state index contributed by atoms with van der Waals surface area (Å²) in [5, 5.41) is 0. The molecule has 0 N–H and O–H groups in total. The number of rotatable bonds is 3. The molecule has 0 heterocycles. The Labute approximate surface area is 84.4 Å². The van der Waals surface area contributed by atoms with Crippen LogP contribution in [-0.4, -0.2) is 8.07 Å². The maximum absolute atomic E-state index is 2.50. The van der Waals surface area contributed by atoms with Crippen molar-refractivity contribution in [3.05, 3.63) is 12.2 Å². The van der Waals surface area contributed by atoms with Crippen LogP contribution in [0.3, 0.4) is 0 Å². The van der Waals surface area contributed by atoms with Gasteiger partial charge in [0.05, 0.1) is 0 Å². The molecule has 0 amide bonds. The molecular weight excluding hydrogens is 172 g/mol. The van der Waals surface area contributed by atoms with Gasteiger partial charge >= 0.3 is 0 Å². The Morgan fingerprint density at radius 2 is 1.69 bits per heavy atom. The minimum atomic E-state index is -0.829. The summed E-state index contributed by atoms with van der Waals surface area (Å²) in [4.78, 5) is 0. The zero-order valence-corrected chi connectivity index (χ0v) is 10.5. The van der Waals surface area contributed by atoms with Crippen LogP contribution in [-0.2, 0) is 0 Å². The molecule has 0 bridgehead atoms. The Morgan fingerprint density at radius 3 is 2.23 bits per heavy atom. The molecule has 1 rings (SSSR count). The van der Waals surface area contributed by atoms with Crippen molar-refractivity contribution in [2.75, 3.05) is 0 Å². The molecule has 0 saturated heterocycles. The minimum Gasteiger partial charge on any atom is -0.0909 e. The van der Waals surface area contributed by atoms with E-state index in [2.05, 4.69) is 31.8 Å². The lowest BCUT2D eigenvalue weighted by Crippen LogP contribution is -2.17. The normalized spacial score (nSPS) is 21.2. The average molecular weight is 196 g/mol. The summed E-state index contributed by atoms with van der Waals surface area (Å²) >= 11 is 0. The second-order valence-corrected chi connectivity index (χ2v) is 11.1. The SMILES string of the molecule is C[Si](C)(C)C/C=C/C1CCCCC1. The Morgan fingerprint density at radius 1 is 1.08 bits per heavy atom. The van der Waals surface area contributed by atoms with E-state index in [1.807, 2.05) is 0 Å². The van der Waals surface area contributed by atoms with Crippen molar-refractivity contribution in [3.63, 3.8) is 0 Å². The summed E-state index contributed by atoms with van der Waals surface area (Å²) in [5.41, 5.74) is 0. The smallest absolute Gasteiger partial charge is 0.0480 e. The Kier molecular flexibility index (Phi) is 4.24. The van der Waals surface area contributed by atoms with Gasteiger partial charge in [0.1, 0.15) is 0 Å². The molecule has 1 heteroatoms. The van der Waals surface area contributed by atoms with Crippen LogP contribution < -0.4 is 0 Å². The predicted molar refractivity (Wildman–Crippen MR) is 63.9 cm³/mol. The molecule has 0 radical (unpaired) electrons. The molecule has 0 nitrogen and oxygen atoms in total. The van der Waals surface area contributed by atoms with Gasteiger partial charge in [-0.05, 0) is 24.8 Å². The molecule has 1 aliphatic rings. The van der Waals surface area contributed by atoms with Crippen molar-refractivity contribution in [3.8, 4) is 0 Å². The first-order valence-corrected chi connectivity index (χ1v) is 9.45. The highest BCUT2D eigenvalue weighted by atomic mass is 28.3. The Bertz CT molecular complexity index is 158. The predicted octanol–water partition coefficient (Wildman–Crippen LogP) is 4.46. The fourth-order valence-corrected chi connectivity index (χ4v) is 2.78. The van der Waals surface area contributed by atoms with E-state index in [-0.39, 0.29) is 0 Å². The molecule has 13 heavy (non-hydrogen) atoms. The van der Waals surface area contributed by atoms with E-state index in [0.29, 0.717) is 0 Å². The van der Waals surface area contributed by atoms with E-state index in [1.54, 1.807) is 0 Å². The van der Waals surface area contributed by atoms with Crippen LogP contribution in [0, 0.1) is 5.92 Å².